The highest BCUT2D eigenvalue weighted by Gasteiger charge is 2.13. The van der Waals surface area contributed by atoms with Crippen molar-refractivity contribution in [3.63, 3.8) is 0 Å². The molecule has 6 heteroatoms. The van der Waals surface area contributed by atoms with Crippen LogP contribution in [0.1, 0.15) is 5.56 Å². The average molecular weight is 291 g/mol. The molecule has 116 valence electrons. The Hall–Kier alpha value is -1.79. The maximum absolute atomic E-state index is 7.67. The normalized spacial score (nSPS) is 15.3. The van der Waals surface area contributed by atoms with Gasteiger partial charge in [0.2, 0.25) is 0 Å². The second-order valence-electron chi connectivity index (χ2n) is 5.52. The Labute approximate surface area is 126 Å². The zero-order valence-corrected chi connectivity index (χ0v) is 12.9. The Kier molecular flexibility index (Phi) is 5.41. The van der Waals surface area contributed by atoms with Crippen molar-refractivity contribution in [1.82, 2.24) is 10.2 Å². The van der Waals surface area contributed by atoms with Crippen LogP contribution in [0.2, 0.25) is 0 Å². The van der Waals surface area contributed by atoms with E-state index in [1.165, 1.54) is 0 Å². The molecule has 0 unspecified atom stereocenters. The Morgan fingerprint density at radius 1 is 1.33 bits per heavy atom. The Morgan fingerprint density at radius 2 is 2.05 bits per heavy atom. The van der Waals surface area contributed by atoms with Gasteiger partial charge in [-0.05, 0) is 26.2 Å². The van der Waals surface area contributed by atoms with Crippen LogP contribution < -0.4 is 20.7 Å². The third kappa shape index (κ3) is 4.61. The van der Waals surface area contributed by atoms with Crippen LogP contribution >= 0.6 is 0 Å². The summed E-state index contributed by atoms with van der Waals surface area (Å²) in [6, 6.07) is 5.84. The van der Waals surface area contributed by atoms with Crippen LogP contribution in [0.5, 0.6) is 5.75 Å². The summed E-state index contributed by atoms with van der Waals surface area (Å²) in [5.41, 5.74) is 7.43. The zero-order valence-electron chi connectivity index (χ0n) is 12.9. The van der Waals surface area contributed by atoms with Gasteiger partial charge in [0.1, 0.15) is 18.2 Å². The number of nitrogen functional groups attached to an aromatic ring is 1. The number of benzene rings is 1. The van der Waals surface area contributed by atoms with E-state index >= 15 is 0 Å². The first kappa shape index (κ1) is 15.6. The van der Waals surface area contributed by atoms with Crippen molar-refractivity contribution in [1.29, 1.82) is 5.41 Å². The van der Waals surface area contributed by atoms with Gasteiger partial charge in [-0.15, -0.1) is 0 Å². The van der Waals surface area contributed by atoms with Crippen LogP contribution in [0.25, 0.3) is 0 Å². The first-order valence-electron chi connectivity index (χ1n) is 7.29. The summed E-state index contributed by atoms with van der Waals surface area (Å²) in [5.74, 6) is 0.850. The van der Waals surface area contributed by atoms with Crippen molar-refractivity contribution in [2.75, 3.05) is 58.3 Å². The first-order valence-corrected chi connectivity index (χ1v) is 7.29. The number of ether oxygens (including phenoxy) is 1. The van der Waals surface area contributed by atoms with Gasteiger partial charge < -0.3 is 25.6 Å². The van der Waals surface area contributed by atoms with Crippen LogP contribution in [-0.2, 0) is 0 Å². The van der Waals surface area contributed by atoms with Crippen molar-refractivity contribution < 1.29 is 4.74 Å². The summed E-state index contributed by atoms with van der Waals surface area (Å²) in [6.45, 7) is 5.34. The van der Waals surface area contributed by atoms with Crippen LogP contribution in [-0.4, -0.2) is 64.2 Å². The highest BCUT2D eigenvalue weighted by Crippen LogP contribution is 2.24. The fourth-order valence-electron chi connectivity index (χ4n) is 2.27. The lowest BCUT2D eigenvalue weighted by Crippen LogP contribution is -2.43. The predicted molar refractivity (Wildman–Crippen MR) is 86.6 cm³/mol. The van der Waals surface area contributed by atoms with Gasteiger partial charge in [-0.2, -0.15) is 0 Å². The molecule has 0 aliphatic carbocycles. The molecular weight excluding hydrogens is 266 g/mol. The topological polar surface area (TPSA) is 77.6 Å². The highest BCUT2D eigenvalue weighted by molar-refractivity contribution is 5.96. The maximum atomic E-state index is 7.67. The molecule has 2 rings (SSSR count). The number of likely N-dealkylation sites (N-methyl/N-ethyl adjacent to an activating group) is 1. The summed E-state index contributed by atoms with van der Waals surface area (Å²) in [7, 11) is 4.03. The van der Waals surface area contributed by atoms with Crippen molar-refractivity contribution in [3.8, 4) is 5.75 Å². The minimum atomic E-state index is 0.0736. The number of nitrogens with two attached hydrogens (primary N) is 1. The molecule has 0 spiro atoms. The molecule has 1 aliphatic rings. The highest BCUT2D eigenvalue weighted by atomic mass is 16.5. The molecule has 0 saturated carbocycles. The Bertz CT molecular complexity index is 483. The lowest BCUT2D eigenvalue weighted by atomic mass is 10.1. The molecule has 21 heavy (non-hydrogen) atoms. The third-order valence-electron chi connectivity index (χ3n) is 3.49. The molecule has 1 aliphatic heterocycles. The lowest BCUT2D eigenvalue weighted by molar-refractivity contribution is 0.261. The molecule has 0 aromatic heterocycles. The van der Waals surface area contributed by atoms with Gasteiger partial charge in [0.25, 0.3) is 0 Å². The van der Waals surface area contributed by atoms with Crippen molar-refractivity contribution in [2.45, 2.75) is 0 Å². The number of anilines is 1. The summed E-state index contributed by atoms with van der Waals surface area (Å²) in [4.78, 5) is 4.37. The molecule has 0 amide bonds. The molecule has 1 aromatic carbocycles. The first-order chi connectivity index (χ1) is 10.1. The minimum absolute atomic E-state index is 0.0736. The number of piperazine rings is 1. The number of rotatable bonds is 6. The van der Waals surface area contributed by atoms with Gasteiger partial charge in [0, 0.05) is 50.0 Å². The van der Waals surface area contributed by atoms with E-state index in [2.05, 4.69) is 15.1 Å². The number of hydrogen-bond acceptors (Lipinski definition) is 5. The molecule has 0 atom stereocenters. The molecule has 1 fully saturated rings. The third-order valence-corrected chi connectivity index (χ3v) is 3.49. The second-order valence-corrected chi connectivity index (χ2v) is 5.52. The molecule has 0 bridgehead atoms. The largest absolute Gasteiger partial charge is 0.492 e. The Morgan fingerprint density at radius 3 is 2.67 bits per heavy atom. The molecule has 4 N–H and O–H groups in total. The van der Waals surface area contributed by atoms with Gasteiger partial charge >= 0.3 is 0 Å². The molecular formula is C15H25N5O. The average Bonchev–Trinajstić information content (AvgIpc) is 2.47. The van der Waals surface area contributed by atoms with Crippen LogP contribution in [0.15, 0.2) is 18.2 Å². The van der Waals surface area contributed by atoms with Gasteiger partial charge in [-0.1, -0.05) is 0 Å². The maximum Gasteiger partial charge on any atom is 0.122 e. The van der Waals surface area contributed by atoms with Crippen LogP contribution in [0.3, 0.4) is 0 Å². The monoisotopic (exact) mass is 291 g/mol. The van der Waals surface area contributed by atoms with E-state index in [0.29, 0.717) is 12.2 Å². The number of nitrogens with one attached hydrogen (secondary N) is 2. The van der Waals surface area contributed by atoms with Crippen LogP contribution in [0.4, 0.5) is 5.69 Å². The van der Waals surface area contributed by atoms with Gasteiger partial charge in [-0.25, -0.2) is 0 Å². The van der Waals surface area contributed by atoms with Gasteiger partial charge in [0.05, 0.1) is 0 Å². The number of amidine groups is 1. The minimum Gasteiger partial charge on any atom is -0.492 e. The SMILES string of the molecule is CN(C)CCOc1cc(C(=N)N)cc(N2CCNCC2)c1. The van der Waals surface area contributed by atoms with E-state index < -0.39 is 0 Å². The van der Waals surface area contributed by atoms with E-state index in [1.54, 1.807) is 0 Å². The van der Waals surface area contributed by atoms with E-state index in [4.69, 9.17) is 15.9 Å². The van der Waals surface area contributed by atoms with Gasteiger partial charge in [0.15, 0.2) is 0 Å². The molecule has 0 radical (unpaired) electrons. The lowest BCUT2D eigenvalue weighted by Gasteiger charge is -2.30. The Balaban J connectivity index is 2.15. The fraction of sp³-hybridized carbons (Fsp3) is 0.533. The number of hydrogen-bond donors (Lipinski definition) is 3. The number of nitrogens with zero attached hydrogens (tertiary/aromatic N) is 2. The summed E-state index contributed by atoms with van der Waals surface area (Å²) in [6.07, 6.45) is 0. The summed E-state index contributed by atoms with van der Waals surface area (Å²) < 4.78 is 5.80. The molecule has 6 nitrogen and oxygen atoms in total. The smallest absolute Gasteiger partial charge is 0.122 e. The quantitative estimate of drug-likeness (QED) is 0.520. The molecule has 1 aromatic rings. The fourth-order valence-corrected chi connectivity index (χ4v) is 2.27. The van der Waals surface area contributed by atoms with Crippen molar-refractivity contribution in [3.05, 3.63) is 23.8 Å². The van der Waals surface area contributed by atoms with Crippen molar-refractivity contribution >= 4 is 11.5 Å². The summed E-state index contributed by atoms with van der Waals surface area (Å²) in [5, 5.41) is 11.0. The zero-order chi connectivity index (χ0) is 15.2. The van der Waals surface area contributed by atoms with Gasteiger partial charge in [-0.3, -0.25) is 5.41 Å². The predicted octanol–water partition coefficient (Wildman–Crippen LogP) is 0.321. The van der Waals surface area contributed by atoms with E-state index in [9.17, 15) is 0 Å². The second kappa shape index (κ2) is 7.28. The van der Waals surface area contributed by atoms with E-state index in [-0.39, 0.29) is 5.84 Å². The standard InChI is InChI=1S/C15H25N5O/c1-19(2)7-8-21-14-10-12(15(16)17)9-13(11-14)20-5-3-18-4-6-20/h9-11,18H,3-8H2,1-2H3,(H3,16,17). The summed E-state index contributed by atoms with van der Waals surface area (Å²) >= 11 is 0. The van der Waals surface area contributed by atoms with E-state index in [0.717, 1.165) is 44.2 Å². The van der Waals surface area contributed by atoms with Crippen molar-refractivity contribution in [2.24, 2.45) is 5.73 Å². The van der Waals surface area contributed by atoms with E-state index in [1.807, 2.05) is 32.3 Å². The van der Waals surface area contributed by atoms with Crippen LogP contribution in [0, 0.1) is 5.41 Å². The molecule has 1 heterocycles. The molecule has 1 saturated heterocycles.